The quantitative estimate of drug-likeness (QED) is 0.786. The third kappa shape index (κ3) is 3.56. The molecule has 1 aromatic carbocycles. The summed E-state index contributed by atoms with van der Waals surface area (Å²) in [6, 6.07) is 10.5. The van der Waals surface area contributed by atoms with Gasteiger partial charge >= 0.3 is 0 Å². The topological polar surface area (TPSA) is 23.6 Å². The summed E-state index contributed by atoms with van der Waals surface area (Å²) in [4.78, 5) is 15.8. The van der Waals surface area contributed by atoms with Gasteiger partial charge in [0, 0.05) is 39.6 Å². The lowest BCUT2D eigenvalue weighted by molar-refractivity contribution is -0.129. The number of rotatable bonds is 3. The molecule has 1 aliphatic heterocycles. The fraction of sp³-hybridized carbons (Fsp3) is 0.500. The van der Waals surface area contributed by atoms with Crippen molar-refractivity contribution in [2.45, 2.75) is 12.8 Å². The number of hydrogen-bond donors (Lipinski definition) is 0. The summed E-state index contributed by atoms with van der Waals surface area (Å²) in [6.07, 6.45) is 1.73. The van der Waals surface area contributed by atoms with E-state index in [1.807, 2.05) is 18.0 Å². The zero-order chi connectivity index (χ0) is 12.1. The summed E-state index contributed by atoms with van der Waals surface area (Å²) in [5.74, 6) is 0.271. The van der Waals surface area contributed by atoms with Crippen molar-refractivity contribution < 1.29 is 4.79 Å². The van der Waals surface area contributed by atoms with Crippen LogP contribution < -0.4 is 0 Å². The second-order valence-electron chi connectivity index (χ2n) is 4.64. The second-order valence-corrected chi connectivity index (χ2v) is 4.64. The molecule has 0 radical (unpaired) electrons. The van der Waals surface area contributed by atoms with E-state index in [0.717, 1.165) is 32.6 Å². The minimum atomic E-state index is 0.271. The number of hydrogen-bond acceptors (Lipinski definition) is 2. The van der Waals surface area contributed by atoms with E-state index in [0.29, 0.717) is 6.42 Å². The first-order valence-corrected chi connectivity index (χ1v) is 6.26. The van der Waals surface area contributed by atoms with Gasteiger partial charge in [-0.05, 0) is 12.0 Å². The van der Waals surface area contributed by atoms with Crippen LogP contribution in [0.4, 0.5) is 0 Å². The van der Waals surface area contributed by atoms with Crippen LogP contribution in [0.25, 0.3) is 0 Å². The Morgan fingerprint density at radius 2 is 1.88 bits per heavy atom. The Kier molecular flexibility index (Phi) is 4.15. The molecule has 3 heteroatoms. The van der Waals surface area contributed by atoms with E-state index >= 15 is 0 Å². The Hall–Kier alpha value is -1.35. The van der Waals surface area contributed by atoms with Crippen molar-refractivity contribution in [2.75, 3.05) is 33.2 Å². The lowest BCUT2D eigenvalue weighted by Gasteiger charge is -2.19. The third-order valence-corrected chi connectivity index (χ3v) is 3.38. The summed E-state index contributed by atoms with van der Waals surface area (Å²) >= 11 is 0. The zero-order valence-electron chi connectivity index (χ0n) is 10.4. The molecule has 1 fully saturated rings. The summed E-state index contributed by atoms with van der Waals surface area (Å²) in [6.45, 7) is 3.80. The van der Waals surface area contributed by atoms with Crippen LogP contribution in [0, 0.1) is 0 Å². The number of benzene rings is 1. The first-order valence-electron chi connectivity index (χ1n) is 6.26. The maximum atomic E-state index is 11.5. The highest BCUT2D eigenvalue weighted by Crippen LogP contribution is 2.05. The standard InChI is InChI=1S/C14H20N2O/c1-15-11-12-16(10-8-14(15)17)9-7-13-5-3-2-4-6-13/h2-6H,7-12H2,1H3. The van der Waals surface area contributed by atoms with E-state index in [2.05, 4.69) is 29.2 Å². The van der Waals surface area contributed by atoms with Gasteiger partial charge in [-0.3, -0.25) is 4.79 Å². The molecule has 17 heavy (non-hydrogen) atoms. The molecule has 0 saturated carbocycles. The lowest BCUT2D eigenvalue weighted by atomic mass is 10.1. The van der Waals surface area contributed by atoms with Gasteiger partial charge in [0.2, 0.25) is 5.91 Å². The molecule has 0 unspecified atom stereocenters. The first-order chi connectivity index (χ1) is 8.25. The van der Waals surface area contributed by atoms with Gasteiger partial charge in [-0.15, -0.1) is 0 Å². The predicted octanol–water partition coefficient (Wildman–Crippen LogP) is 1.39. The fourth-order valence-electron chi connectivity index (χ4n) is 2.13. The third-order valence-electron chi connectivity index (χ3n) is 3.38. The minimum Gasteiger partial charge on any atom is -0.344 e. The number of carbonyl (C=O) groups is 1. The molecule has 0 atom stereocenters. The van der Waals surface area contributed by atoms with Crippen LogP contribution >= 0.6 is 0 Å². The molecule has 1 aliphatic rings. The number of carbonyl (C=O) groups excluding carboxylic acids is 1. The number of amides is 1. The molecule has 3 nitrogen and oxygen atoms in total. The van der Waals surface area contributed by atoms with E-state index < -0.39 is 0 Å². The lowest BCUT2D eigenvalue weighted by Crippen LogP contribution is -2.31. The van der Waals surface area contributed by atoms with E-state index in [4.69, 9.17) is 0 Å². The first kappa shape index (κ1) is 12.1. The Morgan fingerprint density at radius 1 is 1.12 bits per heavy atom. The Balaban J connectivity index is 1.82. The maximum absolute atomic E-state index is 11.5. The van der Waals surface area contributed by atoms with E-state index in [1.165, 1.54) is 5.56 Å². The molecular formula is C14H20N2O. The molecule has 1 heterocycles. The van der Waals surface area contributed by atoms with Crippen molar-refractivity contribution >= 4 is 5.91 Å². The van der Waals surface area contributed by atoms with Crippen molar-refractivity contribution in [2.24, 2.45) is 0 Å². The molecular weight excluding hydrogens is 212 g/mol. The Morgan fingerprint density at radius 3 is 2.65 bits per heavy atom. The molecule has 92 valence electrons. The minimum absolute atomic E-state index is 0.271. The van der Waals surface area contributed by atoms with Crippen molar-refractivity contribution in [1.29, 1.82) is 0 Å². The van der Waals surface area contributed by atoms with Gasteiger partial charge in [-0.25, -0.2) is 0 Å². The maximum Gasteiger partial charge on any atom is 0.223 e. The number of nitrogens with zero attached hydrogens (tertiary/aromatic N) is 2. The van der Waals surface area contributed by atoms with Crippen LogP contribution in [-0.4, -0.2) is 48.9 Å². The molecule has 0 aromatic heterocycles. The molecule has 1 saturated heterocycles. The van der Waals surface area contributed by atoms with E-state index in [1.54, 1.807) is 0 Å². The largest absolute Gasteiger partial charge is 0.344 e. The summed E-state index contributed by atoms with van der Waals surface area (Å²) in [5.41, 5.74) is 1.37. The van der Waals surface area contributed by atoms with Crippen molar-refractivity contribution in [3.63, 3.8) is 0 Å². The highest BCUT2D eigenvalue weighted by atomic mass is 16.2. The average molecular weight is 232 g/mol. The highest BCUT2D eigenvalue weighted by Gasteiger charge is 2.17. The zero-order valence-corrected chi connectivity index (χ0v) is 10.4. The van der Waals surface area contributed by atoms with Crippen LogP contribution in [0.3, 0.4) is 0 Å². The molecule has 0 bridgehead atoms. The summed E-state index contributed by atoms with van der Waals surface area (Å²) in [5, 5.41) is 0. The molecule has 0 N–H and O–H groups in total. The smallest absolute Gasteiger partial charge is 0.223 e. The van der Waals surface area contributed by atoms with Crippen LogP contribution in [0.15, 0.2) is 30.3 Å². The normalized spacial score (nSPS) is 18.2. The van der Waals surface area contributed by atoms with Crippen LogP contribution in [0.5, 0.6) is 0 Å². The van der Waals surface area contributed by atoms with Gasteiger partial charge in [0.05, 0.1) is 0 Å². The van der Waals surface area contributed by atoms with Gasteiger partial charge in [-0.1, -0.05) is 30.3 Å². The SMILES string of the molecule is CN1CCN(CCc2ccccc2)CCC1=O. The van der Waals surface area contributed by atoms with Crippen molar-refractivity contribution in [1.82, 2.24) is 9.80 Å². The molecule has 1 aromatic rings. The molecule has 0 aliphatic carbocycles. The van der Waals surface area contributed by atoms with Crippen LogP contribution in [-0.2, 0) is 11.2 Å². The molecule has 1 amide bonds. The van der Waals surface area contributed by atoms with E-state index in [9.17, 15) is 4.79 Å². The number of likely N-dealkylation sites (N-methyl/N-ethyl adjacent to an activating group) is 1. The van der Waals surface area contributed by atoms with Crippen molar-refractivity contribution in [3.8, 4) is 0 Å². The monoisotopic (exact) mass is 232 g/mol. The van der Waals surface area contributed by atoms with Gasteiger partial charge in [0.15, 0.2) is 0 Å². The second kappa shape index (κ2) is 5.82. The van der Waals surface area contributed by atoms with Crippen LogP contribution in [0.2, 0.25) is 0 Å². The fourth-order valence-corrected chi connectivity index (χ4v) is 2.13. The Bertz CT molecular complexity index is 364. The van der Waals surface area contributed by atoms with Gasteiger partial charge in [0.25, 0.3) is 0 Å². The Labute approximate surface area is 103 Å². The van der Waals surface area contributed by atoms with Crippen LogP contribution in [0.1, 0.15) is 12.0 Å². The molecule has 2 rings (SSSR count). The molecule has 0 spiro atoms. The van der Waals surface area contributed by atoms with E-state index in [-0.39, 0.29) is 5.91 Å². The van der Waals surface area contributed by atoms with Gasteiger partial charge < -0.3 is 9.80 Å². The van der Waals surface area contributed by atoms with Gasteiger partial charge in [0.1, 0.15) is 0 Å². The predicted molar refractivity (Wildman–Crippen MR) is 68.8 cm³/mol. The highest BCUT2D eigenvalue weighted by molar-refractivity contribution is 5.76. The summed E-state index contributed by atoms with van der Waals surface area (Å²) < 4.78 is 0. The van der Waals surface area contributed by atoms with Crippen molar-refractivity contribution in [3.05, 3.63) is 35.9 Å². The summed E-state index contributed by atoms with van der Waals surface area (Å²) in [7, 11) is 1.89. The average Bonchev–Trinajstić information content (AvgIpc) is 2.52. The van der Waals surface area contributed by atoms with Gasteiger partial charge in [-0.2, -0.15) is 0 Å².